The van der Waals surface area contributed by atoms with Gasteiger partial charge in [0.15, 0.2) is 5.96 Å². The molecular formula is C17H20F3IN4O. The van der Waals surface area contributed by atoms with Gasteiger partial charge in [0.2, 0.25) is 5.88 Å². The fourth-order valence-corrected chi connectivity index (χ4v) is 2.08. The van der Waals surface area contributed by atoms with Crippen molar-refractivity contribution in [2.75, 3.05) is 14.2 Å². The van der Waals surface area contributed by atoms with Crippen molar-refractivity contribution in [1.82, 2.24) is 15.6 Å². The zero-order valence-electron chi connectivity index (χ0n) is 14.3. The fourth-order valence-electron chi connectivity index (χ4n) is 2.08. The van der Waals surface area contributed by atoms with Gasteiger partial charge in [-0.25, -0.2) is 4.98 Å². The SMILES string of the molecule is CN=C(NCc1ccc(C(F)(F)F)cc1)NCc1ccnc(OC)c1.I. The van der Waals surface area contributed by atoms with Gasteiger partial charge in [-0.1, -0.05) is 12.1 Å². The molecule has 26 heavy (non-hydrogen) atoms. The minimum absolute atomic E-state index is 0. The van der Waals surface area contributed by atoms with E-state index in [1.807, 2.05) is 6.07 Å². The van der Waals surface area contributed by atoms with Crippen molar-refractivity contribution in [3.05, 3.63) is 59.3 Å². The van der Waals surface area contributed by atoms with Crippen LogP contribution in [-0.2, 0) is 19.3 Å². The van der Waals surface area contributed by atoms with Gasteiger partial charge < -0.3 is 15.4 Å². The molecule has 1 aromatic heterocycles. The van der Waals surface area contributed by atoms with E-state index in [4.69, 9.17) is 4.74 Å². The average molecular weight is 480 g/mol. The third-order valence-corrected chi connectivity index (χ3v) is 3.43. The molecule has 2 aromatic rings. The number of guanidine groups is 1. The number of ether oxygens (including phenoxy) is 1. The van der Waals surface area contributed by atoms with E-state index in [0.717, 1.165) is 23.3 Å². The summed E-state index contributed by atoms with van der Waals surface area (Å²) in [5.74, 6) is 1.06. The van der Waals surface area contributed by atoms with E-state index in [-0.39, 0.29) is 24.0 Å². The molecule has 0 radical (unpaired) electrons. The van der Waals surface area contributed by atoms with Gasteiger partial charge in [-0.3, -0.25) is 4.99 Å². The van der Waals surface area contributed by atoms with Crippen LogP contribution in [0.4, 0.5) is 13.2 Å². The van der Waals surface area contributed by atoms with Crippen LogP contribution in [0, 0.1) is 0 Å². The van der Waals surface area contributed by atoms with Crippen molar-refractivity contribution in [3.8, 4) is 5.88 Å². The van der Waals surface area contributed by atoms with E-state index in [9.17, 15) is 13.2 Å². The molecule has 0 bridgehead atoms. The van der Waals surface area contributed by atoms with E-state index in [1.165, 1.54) is 12.1 Å². The molecule has 0 aliphatic rings. The number of aromatic nitrogens is 1. The molecule has 1 heterocycles. The number of halogens is 4. The van der Waals surface area contributed by atoms with Crippen molar-refractivity contribution in [1.29, 1.82) is 0 Å². The van der Waals surface area contributed by atoms with Crippen molar-refractivity contribution in [2.45, 2.75) is 19.3 Å². The monoisotopic (exact) mass is 480 g/mol. The summed E-state index contributed by atoms with van der Waals surface area (Å²) in [7, 11) is 3.17. The molecule has 0 saturated carbocycles. The Morgan fingerprint density at radius 3 is 2.23 bits per heavy atom. The van der Waals surface area contributed by atoms with Gasteiger partial charge in [-0.15, -0.1) is 24.0 Å². The van der Waals surface area contributed by atoms with E-state index < -0.39 is 11.7 Å². The molecule has 0 fully saturated rings. The third kappa shape index (κ3) is 6.70. The number of nitrogens with zero attached hydrogens (tertiary/aromatic N) is 2. The maximum atomic E-state index is 12.5. The standard InChI is InChI=1S/C17H19F3N4O.HI/c1-21-16(24-11-13-7-8-22-15(9-13)25-2)23-10-12-3-5-14(6-4-12)17(18,19)20;/h3-9H,10-11H2,1-2H3,(H2,21,23,24);1H. The van der Waals surface area contributed by atoms with Crippen molar-refractivity contribution in [2.24, 2.45) is 4.99 Å². The summed E-state index contributed by atoms with van der Waals surface area (Å²) in [5, 5.41) is 6.17. The Balaban J connectivity index is 0.00000338. The number of hydrogen-bond acceptors (Lipinski definition) is 3. The van der Waals surface area contributed by atoms with Crippen molar-refractivity contribution < 1.29 is 17.9 Å². The third-order valence-electron chi connectivity index (χ3n) is 3.43. The first-order valence-electron chi connectivity index (χ1n) is 7.52. The predicted octanol–water partition coefficient (Wildman–Crippen LogP) is 3.59. The molecule has 0 unspecified atom stereocenters. The van der Waals surface area contributed by atoms with Crippen LogP contribution in [0.5, 0.6) is 5.88 Å². The van der Waals surface area contributed by atoms with Crippen LogP contribution < -0.4 is 15.4 Å². The smallest absolute Gasteiger partial charge is 0.416 e. The normalized spacial score (nSPS) is 11.5. The number of nitrogens with one attached hydrogen (secondary N) is 2. The lowest BCUT2D eigenvalue weighted by atomic mass is 10.1. The lowest BCUT2D eigenvalue weighted by Gasteiger charge is -2.13. The molecule has 0 spiro atoms. The van der Waals surface area contributed by atoms with Crippen LogP contribution in [-0.4, -0.2) is 25.1 Å². The highest BCUT2D eigenvalue weighted by molar-refractivity contribution is 14.0. The molecule has 0 aliphatic carbocycles. The minimum atomic E-state index is -4.32. The molecule has 0 saturated heterocycles. The number of benzene rings is 1. The molecule has 0 aliphatic heterocycles. The maximum absolute atomic E-state index is 12.5. The molecular weight excluding hydrogens is 460 g/mol. The van der Waals surface area contributed by atoms with Crippen LogP contribution in [0.3, 0.4) is 0 Å². The predicted molar refractivity (Wildman–Crippen MR) is 105 cm³/mol. The van der Waals surface area contributed by atoms with Gasteiger partial charge in [0.1, 0.15) is 0 Å². The summed E-state index contributed by atoms with van der Waals surface area (Å²) >= 11 is 0. The Morgan fingerprint density at radius 1 is 1.08 bits per heavy atom. The molecule has 2 N–H and O–H groups in total. The van der Waals surface area contributed by atoms with Gasteiger partial charge >= 0.3 is 6.18 Å². The number of aliphatic imine (C=N–C) groups is 1. The lowest BCUT2D eigenvalue weighted by Crippen LogP contribution is -2.36. The van der Waals surface area contributed by atoms with Crippen LogP contribution >= 0.6 is 24.0 Å². The number of alkyl halides is 3. The average Bonchev–Trinajstić information content (AvgIpc) is 2.61. The number of hydrogen-bond donors (Lipinski definition) is 2. The van der Waals surface area contributed by atoms with E-state index in [0.29, 0.717) is 24.9 Å². The zero-order chi connectivity index (χ0) is 18.3. The van der Waals surface area contributed by atoms with Gasteiger partial charge in [-0.05, 0) is 29.3 Å². The first-order chi connectivity index (χ1) is 11.9. The van der Waals surface area contributed by atoms with Crippen LogP contribution in [0.15, 0.2) is 47.6 Å². The Labute approximate surface area is 167 Å². The highest BCUT2D eigenvalue weighted by atomic mass is 127. The van der Waals surface area contributed by atoms with Gasteiger partial charge in [0.05, 0.1) is 12.7 Å². The first-order valence-corrected chi connectivity index (χ1v) is 7.52. The summed E-state index contributed by atoms with van der Waals surface area (Å²) < 4.78 is 42.7. The second-order valence-electron chi connectivity index (χ2n) is 5.18. The van der Waals surface area contributed by atoms with E-state index in [2.05, 4.69) is 20.6 Å². The number of methoxy groups -OCH3 is 1. The summed E-state index contributed by atoms with van der Waals surface area (Å²) in [6.07, 6.45) is -2.68. The van der Waals surface area contributed by atoms with E-state index in [1.54, 1.807) is 26.4 Å². The molecule has 1 aromatic carbocycles. The second kappa shape index (κ2) is 10.2. The van der Waals surface area contributed by atoms with Gasteiger partial charge in [0.25, 0.3) is 0 Å². The van der Waals surface area contributed by atoms with Gasteiger partial charge in [0, 0.05) is 32.4 Å². The number of rotatable bonds is 5. The van der Waals surface area contributed by atoms with Gasteiger partial charge in [-0.2, -0.15) is 13.2 Å². The molecule has 142 valence electrons. The largest absolute Gasteiger partial charge is 0.481 e. The summed E-state index contributed by atoms with van der Waals surface area (Å²) in [5.41, 5.74) is 1.02. The van der Waals surface area contributed by atoms with Crippen molar-refractivity contribution >= 4 is 29.9 Å². The summed E-state index contributed by atoms with van der Waals surface area (Å²) in [4.78, 5) is 8.11. The van der Waals surface area contributed by atoms with Crippen LogP contribution in [0.25, 0.3) is 0 Å². The Kier molecular flexibility index (Phi) is 8.62. The molecule has 2 rings (SSSR count). The fraction of sp³-hybridized carbons (Fsp3) is 0.294. The highest BCUT2D eigenvalue weighted by Crippen LogP contribution is 2.29. The Bertz CT molecular complexity index is 721. The summed E-state index contributed by atoms with van der Waals surface area (Å²) in [6.45, 7) is 0.864. The van der Waals surface area contributed by atoms with Crippen LogP contribution in [0.2, 0.25) is 0 Å². The second-order valence-corrected chi connectivity index (χ2v) is 5.18. The van der Waals surface area contributed by atoms with E-state index >= 15 is 0 Å². The molecule has 0 atom stereocenters. The Hall–Kier alpha value is -2.04. The highest BCUT2D eigenvalue weighted by Gasteiger charge is 2.29. The molecule has 5 nitrogen and oxygen atoms in total. The maximum Gasteiger partial charge on any atom is 0.416 e. The van der Waals surface area contributed by atoms with Crippen molar-refractivity contribution in [3.63, 3.8) is 0 Å². The number of pyridine rings is 1. The summed E-state index contributed by atoms with van der Waals surface area (Å²) in [6, 6.07) is 8.66. The quantitative estimate of drug-likeness (QED) is 0.390. The molecule has 0 amide bonds. The zero-order valence-corrected chi connectivity index (χ0v) is 16.6. The first kappa shape index (κ1) is 22.0. The Morgan fingerprint density at radius 2 is 1.69 bits per heavy atom. The minimum Gasteiger partial charge on any atom is -0.481 e. The topological polar surface area (TPSA) is 58.5 Å². The van der Waals surface area contributed by atoms with Crippen LogP contribution in [0.1, 0.15) is 16.7 Å². The molecule has 9 heteroatoms. The lowest BCUT2D eigenvalue weighted by molar-refractivity contribution is -0.137.